The fourth-order valence-electron chi connectivity index (χ4n) is 2.60. The lowest BCUT2D eigenvalue weighted by Gasteiger charge is -2.09. The minimum Gasteiger partial charge on any atom is -0.460 e. The van der Waals surface area contributed by atoms with Crippen molar-refractivity contribution in [1.82, 2.24) is 10.2 Å². The average molecular weight is 353 g/mol. The molecule has 0 radical (unpaired) electrons. The van der Waals surface area contributed by atoms with E-state index in [4.69, 9.17) is 20.8 Å². The summed E-state index contributed by atoms with van der Waals surface area (Å²) in [7, 11) is 0. The van der Waals surface area contributed by atoms with Crippen LogP contribution in [0.25, 0.3) is 11.0 Å². The number of benzene rings is 2. The second-order valence-corrected chi connectivity index (χ2v) is 6.01. The van der Waals surface area contributed by atoms with Crippen LogP contribution >= 0.6 is 11.6 Å². The van der Waals surface area contributed by atoms with E-state index in [0.29, 0.717) is 28.5 Å². The van der Waals surface area contributed by atoms with Gasteiger partial charge < -0.3 is 9.15 Å². The van der Waals surface area contributed by atoms with Crippen LogP contribution in [0.2, 0.25) is 5.02 Å². The molecule has 0 unspecified atom stereocenters. The fraction of sp³-hybridized carbons (Fsp3) is 0.0526. The maximum Gasteiger partial charge on any atom is 0.264 e. The molecule has 4 rings (SSSR count). The maximum atomic E-state index is 11.1. The summed E-state index contributed by atoms with van der Waals surface area (Å²) in [5.41, 5.74) is 2.21. The van der Waals surface area contributed by atoms with E-state index in [1.165, 1.54) is 6.07 Å². The predicted molar refractivity (Wildman–Crippen MR) is 95.4 cm³/mol. The van der Waals surface area contributed by atoms with Crippen molar-refractivity contribution in [3.63, 3.8) is 0 Å². The number of H-pyrrole nitrogens is 1. The van der Waals surface area contributed by atoms with Gasteiger partial charge in [0.15, 0.2) is 11.3 Å². The van der Waals surface area contributed by atoms with Crippen molar-refractivity contribution in [2.45, 2.75) is 6.42 Å². The van der Waals surface area contributed by atoms with Crippen LogP contribution in [0.15, 0.2) is 70.1 Å². The molecule has 0 atom stereocenters. The topological polar surface area (TPSA) is 68.1 Å². The molecule has 124 valence electrons. The Labute approximate surface area is 147 Å². The molecule has 0 spiro atoms. The third-order valence-corrected chi connectivity index (χ3v) is 3.99. The summed E-state index contributed by atoms with van der Waals surface area (Å²) in [6, 6.07) is 16.1. The van der Waals surface area contributed by atoms with E-state index in [1.807, 2.05) is 18.2 Å². The van der Waals surface area contributed by atoms with Crippen molar-refractivity contribution in [2.75, 3.05) is 0 Å². The molecule has 5 nitrogen and oxygen atoms in total. The summed E-state index contributed by atoms with van der Waals surface area (Å²) in [5, 5.41) is 8.08. The monoisotopic (exact) mass is 352 g/mol. The van der Waals surface area contributed by atoms with Gasteiger partial charge in [0.25, 0.3) is 5.56 Å². The number of nitrogens with zero attached hydrogens (tertiary/aromatic N) is 1. The van der Waals surface area contributed by atoms with Crippen LogP contribution in [0, 0.1) is 0 Å². The molecule has 0 aliphatic rings. The number of hydrogen-bond acceptors (Lipinski definition) is 4. The molecule has 0 aliphatic carbocycles. The van der Waals surface area contributed by atoms with Crippen LogP contribution in [-0.2, 0) is 6.42 Å². The Hall–Kier alpha value is -3.05. The number of aromatic nitrogens is 2. The van der Waals surface area contributed by atoms with Gasteiger partial charge in [0.2, 0.25) is 0 Å². The minimum absolute atomic E-state index is 0.221. The van der Waals surface area contributed by atoms with Crippen molar-refractivity contribution >= 4 is 22.6 Å². The molecule has 0 amide bonds. The van der Waals surface area contributed by atoms with Gasteiger partial charge in [-0.1, -0.05) is 11.6 Å². The van der Waals surface area contributed by atoms with Gasteiger partial charge in [0.1, 0.15) is 5.75 Å². The lowest BCUT2D eigenvalue weighted by molar-refractivity contribution is 0.472. The van der Waals surface area contributed by atoms with Crippen molar-refractivity contribution in [3.8, 4) is 11.5 Å². The number of aromatic amines is 1. The number of halogens is 1. The highest BCUT2D eigenvalue weighted by Gasteiger charge is 2.11. The minimum atomic E-state index is -0.221. The first kappa shape index (κ1) is 15.5. The number of nitrogens with one attached hydrogen (secondary N) is 1. The van der Waals surface area contributed by atoms with Crippen molar-refractivity contribution in [1.29, 1.82) is 0 Å². The van der Waals surface area contributed by atoms with Crippen LogP contribution < -0.4 is 10.3 Å². The molecular weight excluding hydrogens is 340 g/mol. The highest BCUT2D eigenvalue weighted by Crippen LogP contribution is 2.33. The molecule has 6 heteroatoms. The van der Waals surface area contributed by atoms with E-state index in [-0.39, 0.29) is 5.56 Å². The van der Waals surface area contributed by atoms with Crippen LogP contribution in [0.4, 0.5) is 0 Å². The van der Waals surface area contributed by atoms with Crippen LogP contribution in [-0.4, -0.2) is 10.2 Å². The zero-order valence-corrected chi connectivity index (χ0v) is 13.8. The lowest BCUT2D eigenvalue weighted by atomic mass is 10.1. The molecule has 25 heavy (non-hydrogen) atoms. The van der Waals surface area contributed by atoms with Gasteiger partial charge in [-0.15, -0.1) is 0 Å². The van der Waals surface area contributed by atoms with Gasteiger partial charge in [-0.05, 0) is 54.1 Å². The first-order valence-electron chi connectivity index (χ1n) is 7.65. The number of ether oxygens (including phenoxy) is 1. The number of furan rings is 1. The third-order valence-electron chi connectivity index (χ3n) is 3.74. The highest BCUT2D eigenvalue weighted by atomic mass is 35.5. The van der Waals surface area contributed by atoms with Gasteiger partial charge >= 0.3 is 0 Å². The first-order chi connectivity index (χ1) is 12.2. The van der Waals surface area contributed by atoms with Gasteiger partial charge in [-0.25, -0.2) is 5.10 Å². The molecule has 0 aliphatic heterocycles. The Kier molecular flexibility index (Phi) is 3.99. The molecule has 1 N–H and O–H groups in total. The number of fused-ring (bicyclic) bond motifs is 1. The fourth-order valence-corrected chi connectivity index (χ4v) is 2.72. The molecule has 0 bridgehead atoms. The van der Waals surface area contributed by atoms with E-state index in [1.54, 1.807) is 36.6 Å². The Morgan fingerprint density at radius 2 is 1.92 bits per heavy atom. The summed E-state index contributed by atoms with van der Waals surface area (Å²) >= 11 is 5.91. The second-order valence-electron chi connectivity index (χ2n) is 5.58. The molecule has 0 saturated heterocycles. The van der Waals surface area contributed by atoms with Gasteiger partial charge in [0.05, 0.1) is 12.0 Å². The Morgan fingerprint density at radius 3 is 2.68 bits per heavy atom. The van der Waals surface area contributed by atoms with E-state index in [2.05, 4.69) is 10.2 Å². The molecule has 4 aromatic rings. The van der Waals surface area contributed by atoms with Gasteiger partial charge in [-0.3, -0.25) is 4.79 Å². The zero-order valence-electron chi connectivity index (χ0n) is 13.0. The second kappa shape index (κ2) is 6.45. The van der Waals surface area contributed by atoms with Crippen molar-refractivity contribution in [3.05, 3.63) is 87.5 Å². The third kappa shape index (κ3) is 3.41. The van der Waals surface area contributed by atoms with E-state index < -0.39 is 0 Å². The Bertz CT molecular complexity index is 1060. The van der Waals surface area contributed by atoms with E-state index in [0.717, 1.165) is 16.6 Å². The summed E-state index contributed by atoms with van der Waals surface area (Å²) in [4.78, 5) is 11.1. The molecule has 0 saturated carbocycles. The van der Waals surface area contributed by atoms with Gasteiger partial charge in [0, 0.05) is 22.9 Å². The largest absolute Gasteiger partial charge is 0.460 e. The molecule has 0 fully saturated rings. The SMILES string of the molecule is O=c1ccc(Cc2cc(Oc3ccc(Cl)cc3)c3occc3c2)n[nH]1. The number of rotatable bonds is 4. The van der Waals surface area contributed by atoms with Crippen LogP contribution in [0.5, 0.6) is 11.5 Å². The van der Waals surface area contributed by atoms with Gasteiger partial charge in [-0.2, -0.15) is 5.10 Å². The summed E-state index contributed by atoms with van der Waals surface area (Å²) in [5.74, 6) is 1.28. The number of hydrogen-bond donors (Lipinski definition) is 1. The normalized spacial score (nSPS) is 10.9. The van der Waals surface area contributed by atoms with E-state index >= 15 is 0 Å². The molecule has 2 heterocycles. The van der Waals surface area contributed by atoms with Crippen molar-refractivity contribution < 1.29 is 9.15 Å². The predicted octanol–water partition coefficient (Wildman–Crippen LogP) is 4.55. The Morgan fingerprint density at radius 1 is 1.08 bits per heavy atom. The zero-order chi connectivity index (χ0) is 17.2. The smallest absolute Gasteiger partial charge is 0.264 e. The van der Waals surface area contributed by atoms with E-state index in [9.17, 15) is 4.79 Å². The lowest BCUT2D eigenvalue weighted by Crippen LogP contribution is -2.07. The van der Waals surface area contributed by atoms with Crippen LogP contribution in [0.1, 0.15) is 11.3 Å². The quantitative estimate of drug-likeness (QED) is 0.585. The highest BCUT2D eigenvalue weighted by molar-refractivity contribution is 6.30. The summed E-state index contributed by atoms with van der Waals surface area (Å²) < 4.78 is 11.5. The van der Waals surface area contributed by atoms with Crippen molar-refractivity contribution in [2.24, 2.45) is 0 Å². The summed E-state index contributed by atoms with van der Waals surface area (Å²) in [6.07, 6.45) is 2.19. The molecular formula is C19H13ClN2O3. The van der Waals surface area contributed by atoms with Crippen LogP contribution in [0.3, 0.4) is 0 Å². The summed E-state index contributed by atoms with van der Waals surface area (Å²) in [6.45, 7) is 0. The maximum absolute atomic E-state index is 11.1. The standard InChI is InChI=1S/C19H13ClN2O3/c20-14-1-4-16(5-2-14)25-17-11-12(9-13-7-8-24-19(13)17)10-15-3-6-18(23)22-21-15/h1-9,11H,10H2,(H,22,23). The average Bonchev–Trinajstić information content (AvgIpc) is 3.08. The first-order valence-corrected chi connectivity index (χ1v) is 8.03. The Balaban J connectivity index is 1.70. The molecule has 2 aromatic carbocycles. The molecule has 2 aromatic heterocycles.